The highest BCUT2D eigenvalue weighted by Gasteiger charge is 2.29. The summed E-state index contributed by atoms with van der Waals surface area (Å²) < 4.78 is 27.2. The quantitative estimate of drug-likeness (QED) is 0.840. The van der Waals surface area contributed by atoms with E-state index in [1.807, 2.05) is 20.0 Å². The molecule has 108 valence electrons. The van der Waals surface area contributed by atoms with Crippen molar-refractivity contribution in [1.29, 1.82) is 0 Å². The maximum absolute atomic E-state index is 12.6. The second kappa shape index (κ2) is 6.35. The van der Waals surface area contributed by atoms with Crippen LogP contribution in [-0.2, 0) is 16.6 Å². The van der Waals surface area contributed by atoms with Gasteiger partial charge in [0.05, 0.1) is 0 Å². The fraction of sp³-hybridized carbons (Fsp3) is 0.692. The van der Waals surface area contributed by atoms with E-state index in [0.29, 0.717) is 23.2 Å². The van der Waals surface area contributed by atoms with Gasteiger partial charge in [0, 0.05) is 24.5 Å². The molecular formula is C13H22N2O2S2. The van der Waals surface area contributed by atoms with E-state index >= 15 is 0 Å². The Bertz CT molecular complexity index is 506. The van der Waals surface area contributed by atoms with Crippen molar-refractivity contribution < 1.29 is 8.42 Å². The van der Waals surface area contributed by atoms with Crippen LogP contribution < -0.4 is 5.32 Å². The summed E-state index contributed by atoms with van der Waals surface area (Å²) in [6.07, 6.45) is 3.58. The van der Waals surface area contributed by atoms with Crippen LogP contribution in [0.15, 0.2) is 16.3 Å². The van der Waals surface area contributed by atoms with Crippen LogP contribution in [0.25, 0.3) is 0 Å². The van der Waals surface area contributed by atoms with Crippen molar-refractivity contribution in [3.63, 3.8) is 0 Å². The minimum atomic E-state index is -3.30. The van der Waals surface area contributed by atoms with Crippen LogP contribution in [0, 0.1) is 5.92 Å². The summed E-state index contributed by atoms with van der Waals surface area (Å²) in [5.41, 5.74) is 0. The van der Waals surface area contributed by atoms with Crippen LogP contribution in [0.3, 0.4) is 0 Å². The highest BCUT2D eigenvalue weighted by atomic mass is 32.2. The van der Waals surface area contributed by atoms with Gasteiger partial charge in [-0.25, -0.2) is 8.42 Å². The minimum absolute atomic E-state index is 0.471. The molecule has 1 saturated carbocycles. The molecule has 1 aliphatic carbocycles. The van der Waals surface area contributed by atoms with Crippen LogP contribution in [-0.4, -0.2) is 32.9 Å². The van der Waals surface area contributed by atoms with Gasteiger partial charge in [0.2, 0.25) is 0 Å². The molecule has 4 nitrogen and oxygen atoms in total. The van der Waals surface area contributed by atoms with Crippen molar-refractivity contribution in [3.8, 4) is 0 Å². The molecule has 1 aliphatic rings. The fourth-order valence-electron chi connectivity index (χ4n) is 2.25. The van der Waals surface area contributed by atoms with Gasteiger partial charge in [-0.15, -0.1) is 11.3 Å². The molecule has 0 amide bonds. The summed E-state index contributed by atoms with van der Waals surface area (Å²) in [6, 6.07) is 3.63. The van der Waals surface area contributed by atoms with Gasteiger partial charge in [0.1, 0.15) is 4.21 Å². The predicted molar refractivity (Wildman–Crippen MR) is 78.9 cm³/mol. The number of hydrogen-bond donors (Lipinski definition) is 1. The average Bonchev–Trinajstić information content (AvgIpc) is 2.77. The van der Waals surface area contributed by atoms with Gasteiger partial charge < -0.3 is 5.32 Å². The number of nitrogens with one attached hydrogen (secondary N) is 1. The van der Waals surface area contributed by atoms with Gasteiger partial charge in [0.15, 0.2) is 0 Å². The number of sulfonamides is 1. The molecule has 0 aliphatic heterocycles. The minimum Gasteiger partial charge on any atom is -0.315 e. The number of thiophene rings is 1. The monoisotopic (exact) mass is 302 g/mol. The maximum atomic E-state index is 12.6. The van der Waals surface area contributed by atoms with Gasteiger partial charge in [-0.2, -0.15) is 4.31 Å². The third-order valence-corrected chi connectivity index (χ3v) is 7.11. The van der Waals surface area contributed by atoms with Crippen molar-refractivity contribution >= 4 is 21.4 Å². The number of nitrogens with zero attached hydrogens (tertiary/aromatic N) is 1. The topological polar surface area (TPSA) is 49.4 Å². The second-order valence-corrected chi connectivity index (χ2v) is 8.34. The van der Waals surface area contributed by atoms with Crippen molar-refractivity contribution in [2.75, 3.05) is 20.1 Å². The Morgan fingerprint density at radius 3 is 2.68 bits per heavy atom. The molecule has 1 aromatic heterocycles. The second-order valence-electron chi connectivity index (χ2n) is 5.00. The lowest BCUT2D eigenvalue weighted by Crippen LogP contribution is -2.36. The summed E-state index contributed by atoms with van der Waals surface area (Å²) >= 11 is 1.37. The first kappa shape index (κ1) is 15.0. The summed E-state index contributed by atoms with van der Waals surface area (Å²) in [5, 5.41) is 3.04. The van der Waals surface area contributed by atoms with Gasteiger partial charge in [0.25, 0.3) is 10.0 Å². The number of rotatable bonds is 7. The molecule has 0 radical (unpaired) electrons. The van der Waals surface area contributed by atoms with Crippen LogP contribution in [0.1, 0.15) is 31.1 Å². The normalized spacial score (nSPS) is 16.8. The van der Waals surface area contributed by atoms with Crippen LogP contribution in [0.4, 0.5) is 0 Å². The lowest BCUT2D eigenvalue weighted by Gasteiger charge is -2.30. The molecule has 0 saturated heterocycles. The summed E-state index contributed by atoms with van der Waals surface area (Å²) in [7, 11) is -1.43. The highest BCUT2D eigenvalue weighted by Crippen LogP contribution is 2.30. The Morgan fingerprint density at radius 2 is 2.16 bits per heavy atom. The Balaban J connectivity index is 2.13. The summed E-state index contributed by atoms with van der Waals surface area (Å²) in [4.78, 5) is 1.06. The molecular weight excluding hydrogens is 280 g/mol. The molecule has 0 bridgehead atoms. The van der Waals surface area contributed by atoms with E-state index in [1.165, 1.54) is 30.6 Å². The van der Waals surface area contributed by atoms with E-state index in [0.717, 1.165) is 11.4 Å². The lowest BCUT2D eigenvalue weighted by atomic mass is 9.85. The predicted octanol–water partition coefficient (Wildman–Crippen LogP) is 2.28. The SMILES string of the molecule is CCN(CC1CCC1)S(=O)(=O)c1ccc(CNC)s1. The van der Waals surface area contributed by atoms with Gasteiger partial charge in [-0.3, -0.25) is 0 Å². The van der Waals surface area contributed by atoms with E-state index in [9.17, 15) is 8.42 Å². The molecule has 0 aromatic carbocycles. The molecule has 0 atom stereocenters. The standard InChI is InChI=1S/C13H22N2O2S2/c1-3-15(10-11-5-4-6-11)19(16,17)13-8-7-12(18-13)9-14-2/h7-8,11,14H,3-6,9-10H2,1-2H3. The van der Waals surface area contributed by atoms with Crippen molar-refractivity contribution in [2.45, 2.75) is 36.9 Å². The van der Waals surface area contributed by atoms with E-state index in [2.05, 4.69) is 5.32 Å². The Labute approximate surface area is 119 Å². The zero-order valence-corrected chi connectivity index (χ0v) is 13.2. The van der Waals surface area contributed by atoms with Crippen molar-refractivity contribution in [3.05, 3.63) is 17.0 Å². The molecule has 1 fully saturated rings. The molecule has 19 heavy (non-hydrogen) atoms. The zero-order valence-electron chi connectivity index (χ0n) is 11.6. The molecule has 6 heteroatoms. The summed E-state index contributed by atoms with van der Waals surface area (Å²) in [5.74, 6) is 0.562. The van der Waals surface area contributed by atoms with Gasteiger partial charge in [-0.05, 0) is 37.9 Å². The fourth-order valence-corrected chi connectivity index (χ4v) is 5.30. The molecule has 1 N–H and O–H groups in total. The Kier molecular flexibility index (Phi) is 5.00. The first-order valence-corrected chi connectivity index (χ1v) is 9.07. The maximum Gasteiger partial charge on any atom is 0.252 e. The molecule has 0 unspecified atom stereocenters. The highest BCUT2D eigenvalue weighted by molar-refractivity contribution is 7.91. The summed E-state index contributed by atoms with van der Waals surface area (Å²) in [6.45, 7) is 3.86. The molecule has 2 rings (SSSR count). The third kappa shape index (κ3) is 3.37. The van der Waals surface area contributed by atoms with Gasteiger partial charge in [-0.1, -0.05) is 13.3 Å². The van der Waals surface area contributed by atoms with Crippen molar-refractivity contribution in [2.24, 2.45) is 5.92 Å². The van der Waals surface area contributed by atoms with Crippen LogP contribution in [0.2, 0.25) is 0 Å². The van der Waals surface area contributed by atoms with Crippen LogP contribution in [0.5, 0.6) is 0 Å². The zero-order chi connectivity index (χ0) is 13.9. The number of hydrogen-bond acceptors (Lipinski definition) is 4. The Morgan fingerprint density at radius 1 is 1.42 bits per heavy atom. The van der Waals surface area contributed by atoms with E-state index in [4.69, 9.17) is 0 Å². The first-order chi connectivity index (χ1) is 9.07. The smallest absolute Gasteiger partial charge is 0.252 e. The van der Waals surface area contributed by atoms with E-state index in [1.54, 1.807) is 10.4 Å². The lowest BCUT2D eigenvalue weighted by molar-refractivity contribution is 0.250. The van der Waals surface area contributed by atoms with Crippen molar-refractivity contribution in [1.82, 2.24) is 9.62 Å². The third-order valence-electron chi connectivity index (χ3n) is 3.62. The average molecular weight is 302 g/mol. The van der Waals surface area contributed by atoms with E-state index in [-0.39, 0.29) is 0 Å². The Hall–Kier alpha value is -0.430. The first-order valence-electron chi connectivity index (χ1n) is 6.81. The van der Waals surface area contributed by atoms with Gasteiger partial charge >= 0.3 is 0 Å². The molecule has 1 aromatic rings. The van der Waals surface area contributed by atoms with E-state index < -0.39 is 10.0 Å². The molecule has 1 heterocycles. The molecule has 0 spiro atoms. The largest absolute Gasteiger partial charge is 0.315 e. The van der Waals surface area contributed by atoms with Crippen LogP contribution >= 0.6 is 11.3 Å².